The molecule has 1 aliphatic rings. The number of allylic oxidation sites excluding steroid dienone is 4. The highest BCUT2D eigenvalue weighted by Crippen LogP contribution is 2.19. The van der Waals surface area contributed by atoms with Crippen molar-refractivity contribution < 1.29 is 9.53 Å². The van der Waals surface area contributed by atoms with Gasteiger partial charge >= 0.3 is 6.09 Å². The fourth-order valence-electron chi connectivity index (χ4n) is 1.66. The summed E-state index contributed by atoms with van der Waals surface area (Å²) in [5.74, 6) is 0. The molecule has 0 spiro atoms. The molecule has 112 valence electrons. The summed E-state index contributed by atoms with van der Waals surface area (Å²) < 4.78 is 7.99. The number of nitrogens with zero attached hydrogens (tertiary/aromatic N) is 3. The van der Waals surface area contributed by atoms with Gasteiger partial charge in [-0.05, 0) is 55.8 Å². The number of hydrogen-bond donors (Lipinski definition) is 0. The number of aromatic nitrogens is 2. The van der Waals surface area contributed by atoms with Crippen molar-refractivity contribution >= 4 is 27.7 Å². The monoisotopic (exact) mass is 351 g/mol. The molecule has 0 saturated heterocycles. The molecular formula is C15H18BrN3O2. The van der Waals surface area contributed by atoms with Crippen molar-refractivity contribution in [1.29, 1.82) is 0 Å². The molecule has 0 radical (unpaired) electrons. The van der Waals surface area contributed by atoms with Gasteiger partial charge in [-0.2, -0.15) is 5.10 Å². The van der Waals surface area contributed by atoms with Crippen molar-refractivity contribution in [3.8, 4) is 0 Å². The molecule has 1 aromatic heterocycles. The van der Waals surface area contributed by atoms with Crippen LogP contribution in [-0.4, -0.2) is 26.4 Å². The normalized spacial score (nSPS) is 14.9. The van der Waals surface area contributed by atoms with Crippen LogP contribution in [0.25, 0.3) is 5.70 Å². The quantitative estimate of drug-likeness (QED) is 0.765. The minimum atomic E-state index is -0.538. The number of aryl methyl sites for hydroxylation is 1. The molecule has 0 N–H and O–H groups in total. The molecule has 0 saturated carbocycles. The van der Waals surface area contributed by atoms with E-state index in [1.807, 2.05) is 46.0 Å². The Balaban J connectivity index is 2.28. The van der Waals surface area contributed by atoms with Crippen LogP contribution < -0.4 is 0 Å². The van der Waals surface area contributed by atoms with E-state index in [0.717, 1.165) is 15.9 Å². The van der Waals surface area contributed by atoms with Gasteiger partial charge in [0.25, 0.3) is 0 Å². The van der Waals surface area contributed by atoms with Crippen LogP contribution in [0.1, 0.15) is 26.5 Å². The van der Waals surface area contributed by atoms with Crippen LogP contribution in [0.5, 0.6) is 0 Å². The number of carbonyl (C=O) groups excluding carboxylic acids is 1. The SMILES string of the molecule is Cc1nn(C2=CN(C(=O)OC(C)(C)C)C=CC=C2)cc1Br. The second-order valence-electron chi connectivity index (χ2n) is 5.65. The van der Waals surface area contributed by atoms with E-state index in [-0.39, 0.29) is 0 Å². The average Bonchev–Trinajstić information content (AvgIpc) is 2.60. The Kier molecular flexibility index (Phi) is 4.37. The molecule has 6 heteroatoms. The number of halogens is 1. The van der Waals surface area contributed by atoms with Crippen molar-refractivity contribution in [3.05, 3.63) is 47.0 Å². The van der Waals surface area contributed by atoms with Crippen LogP contribution in [0, 0.1) is 6.92 Å². The maximum absolute atomic E-state index is 12.2. The molecule has 1 aromatic rings. The van der Waals surface area contributed by atoms with Crippen molar-refractivity contribution in [2.75, 3.05) is 0 Å². The van der Waals surface area contributed by atoms with Crippen molar-refractivity contribution in [2.45, 2.75) is 33.3 Å². The lowest BCUT2D eigenvalue weighted by molar-refractivity contribution is 0.0400. The van der Waals surface area contributed by atoms with Gasteiger partial charge < -0.3 is 4.74 Å². The van der Waals surface area contributed by atoms with E-state index in [2.05, 4.69) is 21.0 Å². The predicted octanol–water partition coefficient (Wildman–Crippen LogP) is 4.07. The molecule has 2 rings (SSSR count). The molecule has 1 amide bonds. The zero-order chi connectivity index (χ0) is 15.6. The molecule has 0 aromatic carbocycles. The van der Waals surface area contributed by atoms with Gasteiger partial charge in [-0.3, -0.25) is 4.90 Å². The van der Waals surface area contributed by atoms with Gasteiger partial charge in [-0.25, -0.2) is 9.48 Å². The second-order valence-corrected chi connectivity index (χ2v) is 6.50. The van der Waals surface area contributed by atoms with E-state index in [9.17, 15) is 4.79 Å². The zero-order valence-electron chi connectivity index (χ0n) is 12.5. The van der Waals surface area contributed by atoms with E-state index in [0.29, 0.717) is 0 Å². The lowest BCUT2D eigenvalue weighted by Crippen LogP contribution is -2.30. The predicted molar refractivity (Wildman–Crippen MR) is 85.3 cm³/mol. The van der Waals surface area contributed by atoms with Gasteiger partial charge in [-0.15, -0.1) is 0 Å². The summed E-state index contributed by atoms with van der Waals surface area (Å²) in [7, 11) is 0. The topological polar surface area (TPSA) is 47.4 Å². The third-order valence-corrected chi connectivity index (χ3v) is 3.38. The highest BCUT2D eigenvalue weighted by atomic mass is 79.9. The van der Waals surface area contributed by atoms with Crippen molar-refractivity contribution in [2.24, 2.45) is 0 Å². The maximum atomic E-state index is 12.2. The fraction of sp³-hybridized carbons (Fsp3) is 0.333. The van der Waals surface area contributed by atoms with Crippen LogP contribution >= 0.6 is 15.9 Å². The molecule has 0 bridgehead atoms. The van der Waals surface area contributed by atoms with Gasteiger partial charge in [0.1, 0.15) is 5.60 Å². The Morgan fingerprint density at radius 1 is 1.33 bits per heavy atom. The van der Waals surface area contributed by atoms with E-state index in [4.69, 9.17) is 4.74 Å². The highest BCUT2D eigenvalue weighted by Gasteiger charge is 2.20. The first kappa shape index (κ1) is 15.6. The molecule has 5 nitrogen and oxygen atoms in total. The van der Waals surface area contributed by atoms with Crippen LogP contribution in [-0.2, 0) is 4.74 Å². The fourth-order valence-corrected chi connectivity index (χ4v) is 1.93. The Bertz CT molecular complexity index is 616. The van der Waals surface area contributed by atoms with Gasteiger partial charge in [0.15, 0.2) is 0 Å². The first-order valence-corrected chi connectivity index (χ1v) is 7.36. The minimum absolute atomic E-state index is 0.428. The molecule has 0 unspecified atom stereocenters. The summed E-state index contributed by atoms with van der Waals surface area (Å²) >= 11 is 3.43. The Morgan fingerprint density at radius 2 is 2.05 bits per heavy atom. The number of carbonyl (C=O) groups is 1. The Morgan fingerprint density at radius 3 is 2.62 bits per heavy atom. The maximum Gasteiger partial charge on any atom is 0.418 e. The molecule has 0 atom stereocenters. The van der Waals surface area contributed by atoms with Crippen molar-refractivity contribution in [1.82, 2.24) is 14.7 Å². The molecule has 0 aliphatic carbocycles. The standard InChI is InChI=1S/C15H18BrN3O2/c1-11-13(16)10-19(17-11)12-7-5-6-8-18(9-12)14(20)21-15(2,3)4/h5-10H,1-4H3. The number of rotatable bonds is 1. The second kappa shape index (κ2) is 5.89. The van der Waals surface area contributed by atoms with Crippen molar-refractivity contribution in [3.63, 3.8) is 0 Å². The lowest BCUT2D eigenvalue weighted by Gasteiger charge is -2.23. The summed E-state index contributed by atoms with van der Waals surface area (Å²) in [6.45, 7) is 7.42. The van der Waals surface area contributed by atoms with Gasteiger partial charge in [0, 0.05) is 18.6 Å². The van der Waals surface area contributed by atoms with E-state index < -0.39 is 11.7 Å². The number of hydrogen-bond acceptors (Lipinski definition) is 3. The summed E-state index contributed by atoms with van der Waals surface area (Å²) in [5, 5.41) is 4.39. The first-order valence-electron chi connectivity index (χ1n) is 6.56. The largest absolute Gasteiger partial charge is 0.443 e. The minimum Gasteiger partial charge on any atom is -0.443 e. The van der Waals surface area contributed by atoms with E-state index >= 15 is 0 Å². The Labute approximate surface area is 132 Å². The third kappa shape index (κ3) is 4.07. The van der Waals surface area contributed by atoms with Gasteiger partial charge in [-0.1, -0.05) is 6.08 Å². The number of amides is 1. The highest BCUT2D eigenvalue weighted by molar-refractivity contribution is 9.10. The Hall–Kier alpha value is -1.82. The average molecular weight is 352 g/mol. The zero-order valence-corrected chi connectivity index (χ0v) is 14.1. The van der Waals surface area contributed by atoms with Crippen LogP contribution in [0.15, 0.2) is 41.3 Å². The summed E-state index contributed by atoms with van der Waals surface area (Å²) in [6, 6.07) is 0. The molecule has 2 heterocycles. The first-order chi connectivity index (χ1) is 9.76. The molecule has 21 heavy (non-hydrogen) atoms. The molecular weight excluding hydrogens is 334 g/mol. The molecule has 1 aliphatic heterocycles. The van der Waals surface area contributed by atoms with Gasteiger partial charge in [0.2, 0.25) is 0 Å². The summed E-state index contributed by atoms with van der Waals surface area (Å²) in [5.41, 5.74) is 1.11. The summed E-state index contributed by atoms with van der Waals surface area (Å²) in [6.07, 6.45) is 10.3. The lowest BCUT2D eigenvalue weighted by atomic mass is 10.2. The number of ether oxygens (including phenoxy) is 1. The third-order valence-electron chi connectivity index (χ3n) is 2.60. The van der Waals surface area contributed by atoms with E-state index in [1.165, 1.54) is 4.90 Å². The van der Waals surface area contributed by atoms with Crippen LogP contribution in [0.4, 0.5) is 4.79 Å². The molecule has 0 fully saturated rings. The van der Waals surface area contributed by atoms with Crippen LogP contribution in [0.3, 0.4) is 0 Å². The summed E-state index contributed by atoms with van der Waals surface area (Å²) in [4.78, 5) is 13.6. The van der Waals surface area contributed by atoms with E-state index in [1.54, 1.807) is 23.2 Å². The van der Waals surface area contributed by atoms with Gasteiger partial charge in [0.05, 0.1) is 15.9 Å². The smallest absolute Gasteiger partial charge is 0.418 e. The van der Waals surface area contributed by atoms with Crippen LogP contribution in [0.2, 0.25) is 0 Å².